The van der Waals surface area contributed by atoms with E-state index in [1.54, 1.807) is 6.08 Å². The molecule has 0 aliphatic rings. The maximum Gasteiger partial charge on any atom is 0.306 e. The largest absolute Gasteiger partial charge is 0.466 e. The number of carbonyl (C=O) groups excluding carboxylic acids is 1. The van der Waals surface area contributed by atoms with E-state index in [1.165, 1.54) is 6.92 Å². The first-order valence-electron chi connectivity index (χ1n) is 4.57. The lowest BCUT2D eigenvalue weighted by Gasteiger charge is -2.03. The van der Waals surface area contributed by atoms with Gasteiger partial charge in [0, 0.05) is 6.42 Å². The average Bonchev–Trinajstić information content (AvgIpc) is 2.08. The minimum atomic E-state index is -0.813. The Morgan fingerprint density at radius 1 is 1.69 bits per heavy atom. The van der Waals surface area contributed by atoms with Gasteiger partial charge in [-0.25, -0.2) is 4.39 Å². The van der Waals surface area contributed by atoms with Gasteiger partial charge in [0.2, 0.25) is 0 Å². The van der Waals surface area contributed by atoms with Crippen LogP contribution < -0.4 is 0 Å². The molecule has 3 heteroatoms. The van der Waals surface area contributed by atoms with E-state index in [-0.39, 0.29) is 5.97 Å². The zero-order valence-corrected chi connectivity index (χ0v) is 8.09. The lowest BCUT2D eigenvalue weighted by molar-refractivity contribution is -0.143. The van der Waals surface area contributed by atoms with Crippen molar-refractivity contribution in [1.82, 2.24) is 0 Å². The van der Waals surface area contributed by atoms with Gasteiger partial charge in [-0.2, -0.15) is 0 Å². The standard InChI is InChI=1S/C10H17FO2/c1-3-4-7-10(12)13-8-5-6-9(2)11/h3,9H,1,4-8H2,2H3/t9-/m0/s1. The Hall–Kier alpha value is -0.860. The molecule has 0 fully saturated rings. The highest BCUT2D eigenvalue weighted by atomic mass is 19.1. The Bertz CT molecular complexity index is 155. The molecule has 0 aliphatic heterocycles. The quantitative estimate of drug-likeness (QED) is 0.349. The predicted octanol–water partition coefficient (Wildman–Crippen LogP) is 2.63. The van der Waals surface area contributed by atoms with Crippen molar-refractivity contribution in [3.8, 4) is 0 Å². The highest BCUT2D eigenvalue weighted by Gasteiger charge is 2.02. The molecule has 0 unspecified atom stereocenters. The van der Waals surface area contributed by atoms with Crippen molar-refractivity contribution in [2.45, 2.75) is 38.8 Å². The van der Waals surface area contributed by atoms with Gasteiger partial charge in [-0.3, -0.25) is 4.79 Å². The molecular formula is C10H17FO2. The van der Waals surface area contributed by atoms with Gasteiger partial charge in [0.25, 0.3) is 0 Å². The number of rotatable bonds is 7. The van der Waals surface area contributed by atoms with E-state index in [0.717, 1.165) is 0 Å². The van der Waals surface area contributed by atoms with Crippen molar-refractivity contribution in [2.75, 3.05) is 6.61 Å². The number of hydrogen-bond donors (Lipinski definition) is 0. The summed E-state index contributed by atoms with van der Waals surface area (Å²) < 4.78 is 17.1. The molecule has 0 aromatic heterocycles. The molecule has 0 rings (SSSR count). The van der Waals surface area contributed by atoms with Gasteiger partial charge in [0.1, 0.15) is 0 Å². The molecule has 0 saturated carbocycles. The predicted molar refractivity (Wildman–Crippen MR) is 50.2 cm³/mol. The number of ether oxygens (including phenoxy) is 1. The fourth-order valence-electron chi connectivity index (χ4n) is 0.843. The van der Waals surface area contributed by atoms with E-state index < -0.39 is 6.17 Å². The second kappa shape index (κ2) is 7.77. The second-order valence-corrected chi connectivity index (χ2v) is 2.97. The van der Waals surface area contributed by atoms with Gasteiger partial charge < -0.3 is 4.74 Å². The highest BCUT2D eigenvalue weighted by molar-refractivity contribution is 5.69. The Morgan fingerprint density at radius 2 is 2.38 bits per heavy atom. The summed E-state index contributed by atoms with van der Waals surface area (Å²) in [6.07, 6.45) is 2.91. The first-order valence-corrected chi connectivity index (χ1v) is 4.57. The van der Waals surface area contributed by atoms with Crippen LogP contribution in [0, 0.1) is 0 Å². The average molecular weight is 188 g/mol. The summed E-state index contributed by atoms with van der Waals surface area (Å²) in [6, 6.07) is 0. The summed E-state index contributed by atoms with van der Waals surface area (Å²) in [4.78, 5) is 10.9. The molecular weight excluding hydrogens is 171 g/mol. The molecule has 0 aromatic carbocycles. The van der Waals surface area contributed by atoms with E-state index in [2.05, 4.69) is 6.58 Å². The Kier molecular flexibility index (Phi) is 7.26. The van der Waals surface area contributed by atoms with Crippen LogP contribution in [0.2, 0.25) is 0 Å². The van der Waals surface area contributed by atoms with Gasteiger partial charge in [-0.05, 0) is 26.2 Å². The van der Waals surface area contributed by atoms with Crippen molar-refractivity contribution >= 4 is 5.97 Å². The Labute approximate surface area is 78.8 Å². The molecule has 76 valence electrons. The monoisotopic (exact) mass is 188 g/mol. The van der Waals surface area contributed by atoms with Crippen molar-refractivity contribution in [1.29, 1.82) is 0 Å². The number of esters is 1. The fourth-order valence-corrected chi connectivity index (χ4v) is 0.843. The van der Waals surface area contributed by atoms with Crippen LogP contribution in [0.3, 0.4) is 0 Å². The van der Waals surface area contributed by atoms with Gasteiger partial charge >= 0.3 is 5.97 Å². The molecule has 13 heavy (non-hydrogen) atoms. The van der Waals surface area contributed by atoms with Crippen LogP contribution in [0.1, 0.15) is 32.6 Å². The summed E-state index contributed by atoms with van der Waals surface area (Å²) >= 11 is 0. The van der Waals surface area contributed by atoms with Gasteiger partial charge in [0.15, 0.2) is 0 Å². The van der Waals surface area contributed by atoms with Gasteiger partial charge in [-0.15, -0.1) is 6.58 Å². The molecule has 2 nitrogen and oxygen atoms in total. The summed E-state index contributed by atoms with van der Waals surface area (Å²) in [7, 11) is 0. The van der Waals surface area contributed by atoms with Crippen LogP contribution in [-0.4, -0.2) is 18.7 Å². The van der Waals surface area contributed by atoms with Crippen LogP contribution >= 0.6 is 0 Å². The maximum atomic E-state index is 12.3. The molecule has 0 saturated heterocycles. The van der Waals surface area contributed by atoms with Crippen LogP contribution in [-0.2, 0) is 9.53 Å². The zero-order chi connectivity index (χ0) is 10.1. The molecule has 0 heterocycles. The number of alkyl halides is 1. The Balaban J connectivity index is 3.21. The summed E-state index contributed by atoms with van der Waals surface area (Å²) in [5.41, 5.74) is 0. The first kappa shape index (κ1) is 12.1. The van der Waals surface area contributed by atoms with Crippen LogP contribution in [0.4, 0.5) is 4.39 Å². The lowest BCUT2D eigenvalue weighted by Crippen LogP contribution is -2.06. The molecule has 0 bridgehead atoms. The lowest BCUT2D eigenvalue weighted by atomic mass is 10.2. The smallest absolute Gasteiger partial charge is 0.306 e. The number of hydrogen-bond acceptors (Lipinski definition) is 2. The normalized spacial score (nSPS) is 12.2. The zero-order valence-electron chi connectivity index (χ0n) is 8.09. The summed E-state index contributed by atoms with van der Waals surface area (Å²) in [6.45, 7) is 5.32. The molecule has 0 aliphatic carbocycles. The number of allylic oxidation sites excluding steroid dienone is 1. The minimum absolute atomic E-state index is 0.230. The maximum absolute atomic E-state index is 12.3. The molecule has 0 amide bonds. The van der Waals surface area contributed by atoms with Crippen LogP contribution in [0.25, 0.3) is 0 Å². The van der Waals surface area contributed by atoms with Crippen LogP contribution in [0.5, 0.6) is 0 Å². The van der Waals surface area contributed by atoms with Gasteiger partial charge in [0.05, 0.1) is 12.8 Å². The van der Waals surface area contributed by atoms with E-state index in [1.807, 2.05) is 0 Å². The van der Waals surface area contributed by atoms with Crippen molar-refractivity contribution in [2.24, 2.45) is 0 Å². The third-order valence-electron chi connectivity index (χ3n) is 1.56. The topological polar surface area (TPSA) is 26.3 Å². The van der Waals surface area contributed by atoms with Gasteiger partial charge in [-0.1, -0.05) is 6.08 Å². The van der Waals surface area contributed by atoms with E-state index >= 15 is 0 Å². The van der Waals surface area contributed by atoms with E-state index in [0.29, 0.717) is 32.3 Å². The highest BCUT2D eigenvalue weighted by Crippen LogP contribution is 2.01. The minimum Gasteiger partial charge on any atom is -0.466 e. The Morgan fingerprint density at radius 3 is 2.92 bits per heavy atom. The number of halogens is 1. The molecule has 0 N–H and O–H groups in total. The molecule has 0 aromatic rings. The fraction of sp³-hybridized carbons (Fsp3) is 0.700. The summed E-state index contributed by atoms with van der Waals surface area (Å²) in [5.74, 6) is -0.230. The number of carbonyl (C=O) groups is 1. The SMILES string of the molecule is C=CCCC(=O)OCCC[C@H](C)F. The van der Waals surface area contributed by atoms with Crippen molar-refractivity contribution in [3.05, 3.63) is 12.7 Å². The second-order valence-electron chi connectivity index (χ2n) is 2.97. The van der Waals surface area contributed by atoms with Crippen molar-refractivity contribution < 1.29 is 13.9 Å². The molecule has 0 spiro atoms. The van der Waals surface area contributed by atoms with Crippen LogP contribution in [0.15, 0.2) is 12.7 Å². The molecule has 1 atom stereocenters. The van der Waals surface area contributed by atoms with E-state index in [9.17, 15) is 9.18 Å². The van der Waals surface area contributed by atoms with Crippen molar-refractivity contribution in [3.63, 3.8) is 0 Å². The summed E-state index contributed by atoms with van der Waals surface area (Å²) in [5, 5.41) is 0. The third kappa shape index (κ3) is 9.05. The van der Waals surface area contributed by atoms with E-state index in [4.69, 9.17) is 4.74 Å². The third-order valence-corrected chi connectivity index (χ3v) is 1.56. The molecule has 0 radical (unpaired) electrons. The first-order chi connectivity index (χ1) is 6.16.